The van der Waals surface area contributed by atoms with Gasteiger partial charge in [0.05, 0.1) is 5.69 Å². The smallest absolute Gasteiger partial charge is 0.326 e. The second-order valence-electron chi connectivity index (χ2n) is 7.74. The molecule has 2 atom stereocenters. The van der Waals surface area contributed by atoms with E-state index in [2.05, 4.69) is 25.9 Å². The van der Waals surface area contributed by atoms with Crippen molar-refractivity contribution in [1.82, 2.24) is 15.3 Å². The number of aromatic amines is 1. The van der Waals surface area contributed by atoms with E-state index in [9.17, 15) is 19.2 Å². The standard InChI is InChI=1S/C21H26N6O6/c22-21-26-14-6-5-13(24-17(14)19(31)27-21)9-10-23-12-3-1-11(2-4-12)18(30)25-15(20(32)33)7-8-16(28)29/h1-4,13,15,23-24H,5-10H2,(H,25,30)(H,28,29)(H,32,33)(H3,22,26,27,31)/t13?,15-/m0/s1. The first-order valence-corrected chi connectivity index (χ1v) is 10.5. The number of carboxylic acid groups (broad SMARTS) is 2. The fourth-order valence-corrected chi connectivity index (χ4v) is 3.57. The van der Waals surface area contributed by atoms with Gasteiger partial charge in [0.1, 0.15) is 11.7 Å². The summed E-state index contributed by atoms with van der Waals surface area (Å²) in [6, 6.07) is 5.32. The second-order valence-corrected chi connectivity index (χ2v) is 7.74. The number of aromatic nitrogens is 2. The third-order valence-electron chi connectivity index (χ3n) is 5.31. The van der Waals surface area contributed by atoms with E-state index in [0.29, 0.717) is 24.3 Å². The summed E-state index contributed by atoms with van der Waals surface area (Å²) >= 11 is 0. The molecule has 12 heteroatoms. The number of H-pyrrole nitrogens is 1. The number of nitrogens with one attached hydrogen (secondary N) is 4. The van der Waals surface area contributed by atoms with E-state index in [-0.39, 0.29) is 36.0 Å². The Morgan fingerprint density at radius 1 is 1.21 bits per heavy atom. The van der Waals surface area contributed by atoms with Crippen molar-refractivity contribution in [3.05, 3.63) is 45.9 Å². The van der Waals surface area contributed by atoms with Crippen LogP contribution in [0.3, 0.4) is 0 Å². The van der Waals surface area contributed by atoms with Crippen molar-refractivity contribution >= 4 is 35.2 Å². The third kappa shape index (κ3) is 6.45. The summed E-state index contributed by atoms with van der Waals surface area (Å²) in [5, 5.41) is 26.7. The summed E-state index contributed by atoms with van der Waals surface area (Å²) < 4.78 is 0. The lowest BCUT2D eigenvalue weighted by atomic mass is 10.0. The van der Waals surface area contributed by atoms with Crippen LogP contribution in [0.4, 0.5) is 17.3 Å². The van der Waals surface area contributed by atoms with Crippen LogP contribution in [0.5, 0.6) is 0 Å². The van der Waals surface area contributed by atoms with Crippen molar-refractivity contribution in [3.63, 3.8) is 0 Å². The average Bonchev–Trinajstić information content (AvgIpc) is 2.77. The Kier molecular flexibility index (Phi) is 7.49. The lowest BCUT2D eigenvalue weighted by Crippen LogP contribution is -2.41. The zero-order valence-electron chi connectivity index (χ0n) is 17.8. The summed E-state index contributed by atoms with van der Waals surface area (Å²) in [5.74, 6) is -2.91. The molecule has 0 radical (unpaired) electrons. The number of fused-ring (bicyclic) bond motifs is 1. The highest BCUT2D eigenvalue weighted by atomic mass is 16.4. The number of carboxylic acids is 2. The minimum absolute atomic E-state index is 0.0975. The average molecular weight is 458 g/mol. The molecule has 0 aliphatic carbocycles. The Morgan fingerprint density at radius 3 is 2.61 bits per heavy atom. The Labute approximate surface area is 188 Å². The number of aryl methyl sites for hydroxylation is 1. The van der Waals surface area contributed by atoms with Gasteiger partial charge >= 0.3 is 11.9 Å². The van der Waals surface area contributed by atoms with E-state index in [1.54, 1.807) is 24.3 Å². The summed E-state index contributed by atoms with van der Waals surface area (Å²) in [5.41, 5.74) is 7.46. The number of hydrogen-bond acceptors (Lipinski definition) is 8. The molecule has 0 saturated heterocycles. The largest absolute Gasteiger partial charge is 0.481 e. The molecule has 2 heterocycles. The zero-order valence-corrected chi connectivity index (χ0v) is 17.8. The SMILES string of the molecule is Nc1nc2c(c(=O)[nH]1)NC(CCNc1ccc(C(=O)N[C@@H](CCC(=O)O)C(=O)O)cc1)CC2. The van der Waals surface area contributed by atoms with Crippen LogP contribution in [0, 0.1) is 0 Å². The van der Waals surface area contributed by atoms with Gasteiger partial charge in [0.25, 0.3) is 11.5 Å². The Bertz CT molecular complexity index is 1080. The molecule has 1 aliphatic heterocycles. The van der Waals surface area contributed by atoms with Crippen molar-refractivity contribution in [2.45, 2.75) is 44.2 Å². The van der Waals surface area contributed by atoms with Gasteiger partial charge in [0.15, 0.2) is 0 Å². The number of anilines is 3. The molecule has 2 aromatic rings. The van der Waals surface area contributed by atoms with E-state index in [1.807, 2.05) is 0 Å². The molecule has 0 bridgehead atoms. The molecular formula is C21H26N6O6. The van der Waals surface area contributed by atoms with Crippen molar-refractivity contribution in [2.75, 3.05) is 22.9 Å². The maximum Gasteiger partial charge on any atom is 0.326 e. The van der Waals surface area contributed by atoms with E-state index < -0.39 is 23.9 Å². The normalized spacial score (nSPS) is 15.6. The molecule has 1 aromatic heterocycles. The maximum absolute atomic E-state index is 12.3. The van der Waals surface area contributed by atoms with Crippen molar-refractivity contribution in [1.29, 1.82) is 0 Å². The van der Waals surface area contributed by atoms with Crippen LogP contribution in [0.2, 0.25) is 0 Å². The number of nitrogen functional groups attached to an aromatic ring is 1. The van der Waals surface area contributed by atoms with E-state index in [4.69, 9.17) is 15.9 Å². The van der Waals surface area contributed by atoms with Crippen molar-refractivity contribution in [3.8, 4) is 0 Å². The topological polar surface area (TPSA) is 200 Å². The van der Waals surface area contributed by atoms with Gasteiger partial charge in [0, 0.05) is 30.3 Å². The van der Waals surface area contributed by atoms with Crippen molar-refractivity contribution in [2.24, 2.45) is 0 Å². The highest BCUT2D eigenvalue weighted by Gasteiger charge is 2.22. The van der Waals surface area contributed by atoms with Crippen LogP contribution in [-0.2, 0) is 16.0 Å². The number of benzene rings is 1. The van der Waals surface area contributed by atoms with E-state index >= 15 is 0 Å². The molecule has 0 fully saturated rings. The van der Waals surface area contributed by atoms with Gasteiger partial charge in [0.2, 0.25) is 5.95 Å². The molecule has 1 amide bonds. The molecule has 176 valence electrons. The van der Waals surface area contributed by atoms with Gasteiger partial charge in [-0.1, -0.05) is 0 Å². The molecule has 0 spiro atoms. The molecule has 1 aromatic carbocycles. The fourth-order valence-electron chi connectivity index (χ4n) is 3.57. The van der Waals surface area contributed by atoms with E-state index in [0.717, 1.165) is 18.5 Å². The minimum atomic E-state index is -1.29. The summed E-state index contributed by atoms with van der Waals surface area (Å²) in [6.07, 6.45) is 1.66. The lowest BCUT2D eigenvalue weighted by molar-refractivity contribution is -0.140. The van der Waals surface area contributed by atoms with Crippen LogP contribution in [0.1, 0.15) is 41.7 Å². The molecule has 33 heavy (non-hydrogen) atoms. The fraction of sp³-hybridized carbons (Fsp3) is 0.381. The Balaban J connectivity index is 1.48. The number of rotatable bonds is 10. The van der Waals surface area contributed by atoms with Gasteiger partial charge in [-0.05, 0) is 49.9 Å². The molecule has 8 N–H and O–H groups in total. The Hall–Kier alpha value is -4.09. The number of nitrogens with two attached hydrogens (primary N) is 1. The quantitative estimate of drug-likeness (QED) is 0.265. The monoisotopic (exact) mass is 458 g/mol. The van der Waals surface area contributed by atoms with E-state index in [1.165, 1.54) is 0 Å². The van der Waals surface area contributed by atoms with Gasteiger partial charge in [-0.15, -0.1) is 0 Å². The highest BCUT2D eigenvalue weighted by molar-refractivity contribution is 5.96. The van der Waals surface area contributed by atoms with Crippen LogP contribution in [0.25, 0.3) is 0 Å². The van der Waals surface area contributed by atoms with Crippen LogP contribution >= 0.6 is 0 Å². The lowest BCUT2D eigenvalue weighted by Gasteiger charge is -2.25. The number of carbonyl (C=O) groups excluding carboxylic acids is 1. The number of amides is 1. The first-order chi connectivity index (χ1) is 15.7. The highest BCUT2D eigenvalue weighted by Crippen LogP contribution is 2.21. The first-order valence-electron chi connectivity index (χ1n) is 10.5. The summed E-state index contributed by atoms with van der Waals surface area (Å²) in [7, 11) is 0. The van der Waals surface area contributed by atoms with Gasteiger partial charge in [-0.2, -0.15) is 0 Å². The number of carbonyl (C=O) groups is 3. The van der Waals surface area contributed by atoms with Crippen molar-refractivity contribution < 1.29 is 24.6 Å². The number of aliphatic carboxylic acids is 2. The third-order valence-corrected chi connectivity index (χ3v) is 5.31. The van der Waals surface area contributed by atoms with Crippen LogP contribution < -0.4 is 27.2 Å². The first kappa shape index (κ1) is 23.6. The molecule has 3 rings (SSSR count). The number of hydrogen-bond donors (Lipinski definition) is 7. The second kappa shape index (κ2) is 10.5. The molecule has 1 aliphatic rings. The summed E-state index contributed by atoms with van der Waals surface area (Å²) in [4.78, 5) is 52.9. The predicted octanol–water partition coefficient (Wildman–Crippen LogP) is 0.629. The van der Waals surface area contributed by atoms with Gasteiger partial charge < -0.3 is 31.9 Å². The predicted molar refractivity (Wildman–Crippen MR) is 120 cm³/mol. The van der Waals surface area contributed by atoms with Crippen LogP contribution in [0.15, 0.2) is 29.1 Å². The Morgan fingerprint density at radius 2 is 1.94 bits per heavy atom. The van der Waals surface area contributed by atoms with Crippen LogP contribution in [-0.4, -0.2) is 56.7 Å². The minimum Gasteiger partial charge on any atom is -0.481 e. The molecule has 1 unspecified atom stereocenters. The van der Waals surface area contributed by atoms with Gasteiger partial charge in [-0.25, -0.2) is 9.78 Å². The molecule has 0 saturated carbocycles. The molecule has 12 nitrogen and oxygen atoms in total. The summed E-state index contributed by atoms with van der Waals surface area (Å²) in [6.45, 7) is 0.620. The number of nitrogens with zero attached hydrogens (tertiary/aromatic N) is 1. The molecular weight excluding hydrogens is 432 g/mol. The maximum atomic E-state index is 12.3. The van der Waals surface area contributed by atoms with Gasteiger partial charge in [-0.3, -0.25) is 19.4 Å². The zero-order chi connectivity index (χ0) is 24.0.